The molecule has 0 unspecified atom stereocenters. The van der Waals surface area contributed by atoms with Crippen LogP contribution in [-0.2, 0) is 28.5 Å². The van der Waals surface area contributed by atoms with Gasteiger partial charge >= 0.3 is 6.09 Å². The number of nitrogens with one attached hydrogen (secondary N) is 1. The predicted octanol–water partition coefficient (Wildman–Crippen LogP) is 2.79. The van der Waals surface area contributed by atoms with Gasteiger partial charge in [0.15, 0.2) is 6.29 Å². The molecule has 10 heteroatoms. The molecule has 1 N–H and O–H groups in total. The molecule has 0 radical (unpaired) electrons. The molecule has 2 amide bonds. The minimum atomic E-state index is -0.505. The Hall–Kier alpha value is -2.24. The molecule has 218 valence electrons. The number of carbonyl (C=O) groups is 2. The predicted molar refractivity (Wildman–Crippen MR) is 146 cm³/mol. The fraction of sp³-hybridized carbons (Fsp3) is 0.724. The lowest BCUT2D eigenvalue weighted by Crippen LogP contribution is -2.47. The van der Waals surface area contributed by atoms with E-state index in [9.17, 15) is 9.59 Å². The number of hydrogen-bond donors (Lipinski definition) is 1. The summed E-state index contributed by atoms with van der Waals surface area (Å²) in [6.45, 7) is 12.5. The van der Waals surface area contributed by atoms with Crippen molar-refractivity contribution in [2.24, 2.45) is 0 Å². The standard InChI is InChI=1S/C29H45N3O7/c1-21(6-9-24-16-29(20-37-29)19-28(3,4)39-24)7-11-26-35-17-23(18-36-26)30-25(33)10-8-22(2)38-27(34)32-14-12-31(5)13-15-32/h6-10,22-24,26H,11-20H2,1-5H3,(H,30,33)/b9-6+,10-8+,21-7+/t22-,23?,24+,26?,29-/m1/s1. The van der Waals surface area contributed by atoms with Crippen LogP contribution in [0.25, 0.3) is 0 Å². The Labute approximate surface area is 232 Å². The van der Waals surface area contributed by atoms with Gasteiger partial charge in [0.2, 0.25) is 5.91 Å². The summed E-state index contributed by atoms with van der Waals surface area (Å²) in [6, 6.07) is -0.240. The van der Waals surface area contributed by atoms with Crippen molar-refractivity contribution >= 4 is 12.0 Å². The lowest BCUT2D eigenvalue weighted by atomic mass is 9.85. The Balaban J connectivity index is 1.11. The molecule has 0 aromatic heterocycles. The van der Waals surface area contributed by atoms with Crippen LogP contribution in [0.4, 0.5) is 4.79 Å². The first kappa shape index (κ1) is 29.7. The van der Waals surface area contributed by atoms with Crippen LogP contribution in [0, 0.1) is 0 Å². The molecule has 1 spiro atoms. The van der Waals surface area contributed by atoms with Crippen LogP contribution in [0.3, 0.4) is 0 Å². The molecule has 0 aromatic rings. The zero-order valence-electron chi connectivity index (χ0n) is 24.0. The maximum atomic E-state index is 12.3. The lowest BCUT2D eigenvalue weighted by Gasteiger charge is -2.38. The second-order valence-corrected chi connectivity index (χ2v) is 11.9. The normalized spacial score (nSPS) is 32.5. The molecule has 0 aromatic carbocycles. The number of nitrogens with zero attached hydrogens (tertiary/aromatic N) is 2. The number of rotatable bonds is 8. The molecule has 4 fully saturated rings. The topological polar surface area (TPSA) is 102 Å². The number of carbonyl (C=O) groups excluding carboxylic acids is 2. The molecule has 4 aliphatic rings. The largest absolute Gasteiger partial charge is 0.442 e. The summed E-state index contributed by atoms with van der Waals surface area (Å²) in [6.07, 6.45) is 10.6. The fourth-order valence-electron chi connectivity index (χ4n) is 5.24. The number of allylic oxidation sites excluding steroid dienone is 2. The van der Waals surface area contributed by atoms with Crippen molar-refractivity contribution < 1.29 is 33.3 Å². The first-order valence-electron chi connectivity index (χ1n) is 14.0. The first-order chi connectivity index (χ1) is 18.5. The Kier molecular flexibility index (Phi) is 9.87. The van der Waals surface area contributed by atoms with Gasteiger partial charge < -0.3 is 38.8 Å². The summed E-state index contributed by atoms with van der Waals surface area (Å²) in [7, 11) is 2.03. The maximum Gasteiger partial charge on any atom is 0.410 e. The van der Waals surface area contributed by atoms with E-state index in [1.165, 1.54) is 6.08 Å². The van der Waals surface area contributed by atoms with Crippen molar-refractivity contribution in [2.45, 2.75) is 82.7 Å². The van der Waals surface area contributed by atoms with Gasteiger partial charge in [0.25, 0.3) is 0 Å². The van der Waals surface area contributed by atoms with E-state index in [-0.39, 0.29) is 41.6 Å². The molecule has 3 atom stereocenters. The van der Waals surface area contributed by atoms with Crippen LogP contribution >= 0.6 is 0 Å². The average Bonchev–Trinajstić information content (AvgIpc) is 3.62. The SMILES string of the molecule is CC(/C=C/[C@H]1C[C@]2(CO2)CC(C)(C)O1)=C\CC1OCC(NC(=O)/C=C/[C@@H](C)OC(=O)N2CCN(C)CC2)CO1. The molecule has 4 aliphatic heterocycles. The number of piperazine rings is 1. The van der Waals surface area contributed by atoms with Crippen molar-refractivity contribution in [1.82, 2.24) is 15.1 Å². The number of ether oxygens (including phenoxy) is 5. The summed E-state index contributed by atoms with van der Waals surface area (Å²) >= 11 is 0. The molecular weight excluding hydrogens is 502 g/mol. The van der Waals surface area contributed by atoms with Gasteiger partial charge in [0.05, 0.1) is 43.2 Å². The molecule has 4 heterocycles. The van der Waals surface area contributed by atoms with E-state index in [1.54, 1.807) is 17.9 Å². The second kappa shape index (κ2) is 13.0. The summed E-state index contributed by atoms with van der Waals surface area (Å²) in [5.74, 6) is -0.277. The van der Waals surface area contributed by atoms with Crippen molar-refractivity contribution in [1.29, 1.82) is 0 Å². The molecule has 0 aliphatic carbocycles. The van der Waals surface area contributed by atoms with E-state index in [1.807, 2.05) is 7.05 Å². The van der Waals surface area contributed by atoms with Gasteiger partial charge in [-0.05, 0) is 40.8 Å². The van der Waals surface area contributed by atoms with Crippen molar-refractivity contribution in [3.8, 4) is 0 Å². The van der Waals surface area contributed by atoms with Gasteiger partial charge in [-0.3, -0.25) is 4.79 Å². The zero-order valence-corrected chi connectivity index (χ0v) is 24.0. The third-order valence-corrected chi connectivity index (χ3v) is 7.43. The highest BCUT2D eigenvalue weighted by molar-refractivity contribution is 5.87. The van der Waals surface area contributed by atoms with Crippen molar-refractivity contribution in [2.75, 3.05) is 53.0 Å². The van der Waals surface area contributed by atoms with E-state index in [2.05, 4.69) is 49.2 Å². The highest BCUT2D eigenvalue weighted by Crippen LogP contribution is 2.46. The van der Waals surface area contributed by atoms with Gasteiger partial charge in [-0.25, -0.2) is 4.79 Å². The van der Waals surface area contributed by atoms with Crippen LogP contribution in [0.2, 0.25) is 0 Å². The second-order valence-electron chi connectivity index (χ2n) is 11.9. The highest BCUT2D eigenvalue weighted by atomic mass is 16.7. The summed E-state index contributed by atoms with van der Waals surface area (Å²) < 4.78 is 29.0. The van der Waals surface area contributed by atoms with Gasteiger partial charge in [-0.15, -0.1) is 0 Å². The monoisotopic (exact) mass is 547 g/mol. The van der Waals surface area contributed by atoms with E-state index in [4.69, 9.17) is 23.7 Å². The zero-order chi connectivity index (χ0) is 28.0. The molecule has 0 bridgehead atoms. The van der Waals surface area contributed by atoms with Crippen LogP contribution in [0.5, 0.6) is 0 Å². The van der Waals surface area contributed by atoms with E-state index >= 15 is 0 Å². The minimum absolute atomic E-state index is 0.00948. The van der Waals surface area contributed by atoms with Crippen molar-refractivity contribution in [3.63, 3.8) is 0 Å². The maximum absolute atomic E-state index is 12.3. The third kappa shape index (κ3) is 9.42. The van der Waals surface area contributed by atoms with Crippen LogP contribution in [0.15, 0.2) is 36.0 Å². The summed E-state index contributed by atoms with van der Waals surface area (Å²) in [5.41, 5.74) is 0.945. The minimum Gasteiger partial charge on any atom is -0.442 e. The van der Waals surface area contributed by atoms with Gasteiger partial charge in [0, 0.05) is 51.5 Å². The van der Waals surface area contributed by atoms with Crippen LogP contribution in [0.1, 0.15) is 47.0 Å². The lowest BCUT2D eigenvalue weighted by molar-refractivity contribution is -0.187. The van der Waals surface area contributed by atoms with Gasteiger partial charge in [0.1, 0.15) is 6.10 Å². The Bertz CT molecular complexity index is 937. The number of hydrogen-bond acceptors (Lipinski definition) is 8. The number of amides is 2. The molecule has 39 heavy (non-hydrogen) atoms. The van der Waals surface area contributed by atoms with Crippen LogP contribution in [-0.4, -0.2) is 111 Å². The van der Waals surface area contributed by atoms with E-state index in [0.29, 0.717) is 32.7 Å². The molecule has 0 saturated carbocycles. The Morgan fingerprint density at radius 1 is 1.13 bits per heavy atom. The number of epoxide rings is 1. The number of likely N-dealkylation sites (N-methyl/N-ethyl adjacent to an activating group) is 1. The molecular formula is C29H45N3O7. The van der Waals surface area contributed by atoms with Gasteiger partial charge in [-0.2, -0.15) is 0 Å². The third-order valence-electron chi connectivity index (χ3n) is 7.43. The average molecular weight is 548 g/mol. The first-order valence-corrected chi connectivity index (χ1v) is 14.0. The molecule has 10 nitrogen and oxygen atoms in total. The van der Waals surface area contributed by atoms with Crippen molar-refractivity contribution in [3.05, 3.63) is 36.0 Å². The van der Waals surface area contributed by atoms with Gasteiger partial charge in [-0.1, -0.05) is 23.8 Å². The highest BCUT2D eigenvalue weighted by Gasteiger charge is 2.53. The quantitative estimate of drug-likeness (QED) is 0.281. The Morgan fingerprint density at radius 3 is 2.49 bits per heavy atom. The van der Waals surface area contributed by atoms with E-state index < -0.39 is 6.10 Å². The van der Waals surface area contributed by atoms with E-state index in [0.717, 1.165) is 38.1 Å². The molecule has 4 saturated heterocycles. The fourth-order valence-corrected chi connectivity index (χ4v) is 5.24. The summed E-state index contributed by atoms with van der Waals surface area (Å²) in [5, 5.41) is 2.87. The molecule has 4 rings (SSSR count). The summed E-state index contributed by atoms with van der Waals surface area (Å²) in [4.78, 5) is 28.4. The smallest absolute Gasteiger partial charge is 0.410 e. The van der Waals surface area contributed by atoms with Crippen LogP contribution < -0.4 is 5.32 Å². The Morgan fingerprint density at radius 2 is 1.82 bits per heavy atom.